The van der Waals surface area contributed by atoms with Gasteiger partial charge < -0.3 is 10.1 Å². The third kappa shape index (κ3) is 4.84. The number of nitrogens with zero attached hydrogens (tertiary/aromatic N) is 1. The number of amides is 1. The van der Waals surface area contributed by atoms with Gasteiger partial charge in [0.1, 0.15) is 5.75 Å². The highest BCUT2D eigenvalue weighted by Crippen LogP contribution is 2.27. The molecule has 2 aromatic carbocycles. The van der Waals surface area contributed by atoms with Gasteiger partial charge in [-0.15, -0.1) is 0 Å². The molecule has 0 radical (unpaired) electrons. The lowest BCUT2D eigenvalue weighted by Gasteiger charge is -2.22. The zero-order valence-electron chi connectivity index (χ0n) is 17.0. The van der Waals surface area contributed by atoms with Crippen LogP contribution in [0.5, 0.6) is 5.75 Å². The Bertz CT molecular complexity index is 924. The van der Waals surface area contributed by atoms with Gasteiger partial charge in [0.15, 0.2) is 0 Å². The highest BCUT2D eigenvalue weighted by molar-refractivity contribution is 7.92. The van der Waals surface area contributed by atoms with Crippen LogP contribution in [0.2, 0.25) is 0 Å². The fraction of sp³-hybridized carbons (Fsp3) is 0.381. The molecule has 0 fully saturated rings. The summed E-state index contributed by atoms with van der Waals surface area (Å²) < 4.78 is 32.3. The van der Waals surface area contributed by atoms with Crippen molar-refractivity contribution < 1.29 is 17.9 Å². The van der Waals surface area contributed by atoms with Gasteiger partial charge in [0, 0.05) is 18.7 Å². The first-order valence-electron chi connectivity index (χ1n) is 9.25. The molecule has 0 aliphatic carbocycles. The van der Waals surface area contributed by atoms with Crippen LogP contribution in [0.3, 0.4) is 0 Å². The number of hydrogen-bond donors (Lipinski definition) is 1. The highest BCUT2D eigenvalue weighted by Gasteiger charge is 2.23. The van der Waals surface area contributed by atoms with Gasteiger partial charge in [-0.05, 0) is 62.2 Å². The summed E-state index contributed by atoms with van der Waals surface area (Å²) in [5.74, 6) is 0.370. The number of nitrogens with one attached hydrogen (secondary N) is 1. The van der Waals surface area contributed by atoms with Crippen LogP contribution in [0.25, 0.3) is 0 Å². The second-order valence-corrected chi connectivity index (χ2v) is 8.78. The van der Waals surface area contributed by atoms with Crippen LogP contribution in [0.1, 0.15) is 42.6 Å². The average molecular weight is 405 g/mol. The highest BCUT2D eigenvalue weighted by atomic mass is 32.2. The predicted molar refractivity (Wildman–Crippen MR) is 112 cm³/mol. The molecule has 0 aliphatic rings. The lowest BCUT2D eigenvalue weighted by Crippen LogP contribution is -2.33. The maximum atomic E-state index is 13.0. The summed E-state index contributed by atoms with van der Waals surface area (Å²) >= 11 is 0. The topological polar surface area (TPSA) is 75.7 Å². The fourth-order valence-electron chi connectivity index (χ4n) is 2.94. The Morgan fingerprint density at radius 2 is 1.82 bits per heavy atom. The van der Waals surface area contributed by atoms with Crippen molar-refractivity contribution >= 4 is 21.6 Å². The molecule has 2 rings (SSSR count). The third-order valence-electron chi connectivity index (χ3n) is 4.63. The standard InChI is InChI=1S/C21H28N2O4S/c1-6-7-16(3)22-21(24)17-9-8-15(2)20(14-17)23(4)28(25,26)19-12-10-18(27-5)11-13-19/h8-14,16H,6-7H2,1-5H3,(H,22,24)/t16-/m1/s1. The lowest BCUT2D eigenvalue weighted by atomic mass is 10.1. The van der Waals surface area contributed by atoms with Crippen LogP contribution in [-0.2, 0) is 10.0 Å². The number of sulfonamides is 1. The van der Waals surface area contributed by atoms with Gasteiger partial charge in [-0.25, -0.2) is 8.42 Å². The Morgan fingerprint density at radius 1 is 1.18 bits per heavy atom. The lowest BCUT2D eigenvalue weighted by molar-refractivity contribution is 0.0938. The quantitative estimate of drug-likeness (QED) is 0.727. The molecule has 0 saturated carbocycles. The van der Waals surface area contributed by atoms with E-state index in [0.29, 0.717) is 17.0 Å². The first-order chi connectivity index (χ1) is 13.2. The Balaban J connectivity index is 2.33. The maximum Gasteiger partial charge on any atom is 0.264 e. The fourth-order valence-corrected chi connectivity index (χ4v) is 4.19. The van der Waals surface area contributed by atoms with E-state index in [9.17, 15) is 13.2 Å². The molecule has 28 heavy (non-hydrogen) atoms. The Hall–Kier alpha value is -2.54. The zero-order valence-corrected chi connectivity index (χ0v) is 17.8. The molecule has 0 spiro atoms. The number of anilines is 1. The Morgan fingerprint density at radius 3 is 2.39 bits per heavy atom. The van der Waals surface area contributed by atoms with Gasteiger partial charge in [0.05, 0.1) is 17.7 Å². The van der Waals surface area contributed by atoms with E-state index in [1.165, 1.54) is 30.6 Å². The summed E-state index contributed by atoms with van der Waals surface area (Å²) in [5, 5.41) is 2.94. The van der Waals surface area contributed by atoms with Gasteiger partial charge in [0.25, 0.3) is 15.9 Å². The van der Waals surface area contributed by atoms with Crippen LogP contribution in [-0.4, -0.2) is 34.5 Å². The average Bonchev–Trinajstić information content (AvgIpc) is 2.67. The second-order valence-electron chi connectivity index (χ2n) is 6.81. The summed E-state index contributed by atoms with van der Waals surface area (Å²) in [7, 11) is -0.753. The summed E-state index contributed by atoms with van der Waals surface area (Å²) in [6, 6.07) is 11.4. The molecule has 0 saturated heterocycles. The molecule has 1 N–H and O–H groups in total. The van der Waals surface area contributed by atoms with E-state index in [2.05, 4.69) is 12.2 Å². The van der Waals surface area contributed by atoms with Crippen molar-refractivity contribution in [2.24, 2.45) is 0 Å². The minimum atomic E-state index is -3.77. The smallest absolute Gasteiger partial charge is 0.264 e. The normalized spacial score (nSPS) is 12.3. The summed E-state index contributed by atoms with van der Waals surface area (Å²) in [5.41, 5.74) is 1.66. The Kier molecular flexibility index (Phi) is 7.07. The first kappa shape index (κ1) is 21.8. The largest absolute Gasteiger partial charge is 0.497 e. The number of rotatable bonds is 8. The van der Waals surface area contributed by atoms with Crippen LogP contribution in [0.15, 0.2) is 47.4 Å². The summed E-state index contributed by atoms with van der Waals surface area (Å²) in [4.78, 5) is 12.7. The molecule has 1 atom stereocenters. The van der Waals surface area contributed by atoms with E-state index in [1.807, 2.05) is 13.8 Å². The maximum absolute atomic E-state index is 13.0. The zero-order chi connectivity index (χ0) is 20.9. The van der Waals surface area contributed by atoms with Crippen molar-refractivity contribution in [1.82, 2.24) is 5.32 Å². The second kappa shape index (κ2) is 9.10. The van der Waals surface area contributed by atoms with E-state index < -0.39 is 10.0 Å². The van der Waals surface area contributed by atoms with Crippen molar-refractivity contribution in [3.63, 3.8) is 0 Å². The monoisotopic (exact) mass is 404 g/mol. The number of carbonyl (C=O) groups excluding carboxylic acids is 1. The van der Waals surface area contributed by atoms with E-state index >= 15 is 0 Å². The van der Waals surface area contributed by atoms with Gasteiger partial charge >= 0.3 is 0 Å². The molecule has 0 aliphatic heterocycles. The number of carbonyl (C=O) groups is 1. The molecule has 0 bridgehead atoms. The molecule has 0 unspecified atom stereocenters. The summed E-state index contributed by atoms with van der Waals surface area (Å²) in [6.07, 6.45) is 1.86. The minimum absolute atomic E-state index is 0.0583. The SMILES string of the molecule is CCC[C@@H](C)NC(=O)c1ccc(C)c(N(C)S(=O)(=O)c2ccc(OC)cc2)c1. The van der Waals surface area contributed by atoms with Crippen molar-refractivity contribution in [2.45, 2.75) is 44.6 Å². The number of hydrogen-bond acceptors (Lipinski definition) is 4. The molecular weight excluding hydrogens is 376 g/mol. The van der Waals surface area contributed by atoms with E-state index in [4.69, 9.17) is 4.74 Å². The van der Waals surface area contributed by atoms with Gasteiger partial charge in [-0.2, -0.15) is 0 Å². The molecule has 0 heterocycles. The van der Waals surface area contributed by atoms with Crippen molar-refractivity contribution in [3.8, 4) is 5.75 Å². The number of methoxy groups -OCH3 is 1. The molecule has 152 valence electrons. The number of aryl methyl sites for hydroxylation is 1. The number of benzene rings is 2. The predicted octanol–water partition coefficient (Wildman–Crippen LogP) is 3.75. The van der Waals surface area contributed by atoms with Crippen LogP contribution in [0.4, 0.5) is 5.69 Å². The molecule has 2 aromatic rings. The van der Waals surface area contributed by atoms with Gasteiger partial charge in [-0.1, -0.05) is 19.4 Å². The van der Waals surface area contributed by atoms with Crippen LogP contribution < -0.4 is 14.4 Å². The molecule has 7 heteroatoms. The molecule has 1 amide bonds. The summed E-state index contributed by atoms with van der Waals surface area (Å²) in [6.45, 7) is 5.83. The van der Waals surface area contributed by atoms with Crippen LogP contribution in [0, 0.1) is 6.92 Å². The Labute approximate surface area is 167 Å². The van der Waals surface area contributed by atoms with Crippen molar-refractivity contribution in [2.75, 3.05) is 18.5 Å². The van der Waals surface area contributed by atoms with Gasteiger partial charge in [-0.3, -0.25) is 9.10 Å². The molecule has 0 aromatic heterocycles. The molecular formula is C21H28N2O4S. The third-order valence-corrected chi connectivity index (χ3v) is 6.41. The first-order valence-corrected chi connectivity index (χ1v) is 10.7. The van der Waals surface area contributed by atoms with Crippen molar-refractivity contribution in [3.05, 3.63) is 53.6 Å². The minimum Gasteiger partial charge on any atom is -0.497 e. The van der Waals surface area contributed by atoms with E-state index in [-0.39, 0.29) is 16.8 Å². The number of ether oxygens (including phenoxy) is 1. The van der Waals surface area contributed by atoms with E-state index in [1.54, 1.807) is 30.3 Å². The van der Waals surface area contributed by atoms with Gasteiger partial charge in [0.2, 0.25) is 0 Å². The van der Waals surface area contributed by atoms with Crippen LogP contribution >= 0.6 is 0 Å². The van der Waals surface area contributed by atoms with Crippen molar-refractivity contribution in [1.29, 1.82) is 0 Å². The van der Waals surface area contributed by atoms with E-state index in [0.717, 1.165) is 18.4 Å². The molecule has 6 nitrogen and oxygen atoms in total.